The Bertz CT molecular complexity index is 888. The fourth-order valence-electron chi connectivity index (χ4n) is 2.96. The molecule has 0 bridgehead atoms. The van der Waals surface area contributed by atoms with Gasteiger partial charge in [0, 0.05) is 36.8 Å². The molecule has 0 atom stereocenters. The maximum Gasteiger partial charge on any atom is 0.414 e. The molecular weight excluding hydrogens is 396 g/mol. The Morgan fingerprint density at radius 1 is 1.03 bits per heavy atom. The summed E-state index contributed by atoms with van der Waals surface area (Å²) in [6.07, 6.45) is 1.55. The lowest BCUT2D eigenvalue weighted by molar-refractivity contribution is -0.159. The van der Waals surface area contributed by atoms with Gasteiger partial charge in [-0.25, -0.2) is 9.59 Å². The zero-order valence-corrected chi connectivity index (χ0v) is 16.8. The van der Waals surface area contributed by atoms with Gasteiger partial charge in [0.15, 0.2) is 0 Å². The van der Waals surface area contributed by atoms with Crippen LogP contribution in [0.3, 0.4) is 0 Å². The van der Waals surface area contributed by atoms with Crippen molar-refractivity contribution in [3.8, 4) is 0 Å². The SMILES string of the molecule is Cc1c(Cl)cccc1NC(=O)CCN1CCc2ccccc2C1.O=C(O)C(=O)O. The third-order valence-electron chi connectivity index (χ3n) is 4.59. The lowest BCUT2D eigenvalue weighted by Gasteiger charge is -2.28. The second kappa shape index (κ2) is 10.6. The number of anilines is 1. The van der Waals surface area contributed by atoms with Gasteiger partial charge in [0.05, 0.1) is 0 Å². The van der Waals surface area contributed by atoms with Crippen molar-refractivity contribution in [3.05, 3.63) is 64.2 Å². The van der Waals surface area contributed by atoms with E-state index in [1.807, 2.05) is 25.1 Å². The first-order chi connectivity index (χ1) is 13.8. The lowest BCUT2D eigenvalue weighted by atomic mass is 10.00. The lowest BCUT2D eigenvalue weighted by Crippen LogP contribution is -2.33. The summed E-state index contributed by atoms with van der Waals surface area (Å²) in [7, 11) is 0. The topological polar surface area (TPSA) is 107 Å². The molecule has 2 aromatic carbocycles. The van der Waals surface area contributed by atoms with E-state index in [1.54, 1.807) is 0 Å². The smallest absolute Gasteiger partial charge is 0.414 e. The third kappa shape index (κ3) is 6.89. The summed E-state index contributed by atoms with van der Waals surface area (Å²) in [5.74, 6) is -3.61. The summed E-state index contributed by atoms with van der Waals surface area (Å²) in [6.45, 7) is 4.64. The predicted molar refractivity (Wildman–Crippen MR) is 110 cm³/mol. The summed E-state index contributed by atoms with van der Waals surface area (Å²) in [5.41, 5.74) is 4.52. The van der Waals surface area contributed by atoms with Gasteiger partial charge in [0.1, 0.15) is 0 Å². The van der Waals surface area contributed by atoms with Crippen molar-refractivity contribution in [1.29, 1.82) is 0 Å². The van der Waals surface area contributed by atoms with E-state index in [9.17, 15) is 4.79 Å². The van der Waals surface area contributed by atoms with Crippen LogP contribution < -0.4 is 5.32 Å². The molecule has 0 saturated carbocycles. The zero-order chi connectivity index (χ0) is 21.4. The summed E-state index contributed by atoms with van der Waals surface area (Å²) in [4.78, 5) is 32.7. The Balaban J connectivity index is 0.000000438. The number of nitrogens with zero attached hydrogens (tertiary/aromatic N) is 1. The van der Waals surface area contributed by atoms with Crippen LogP contribution in [-0.2, 0) is 27.3 Å². The maximum absolute atomic E-state index is 12.2. The molecule has 1 amide bonds. The average Bonchev–Trinajstić information content (AvgIpc) is 2.70. The second-order valence-corrected chi connectivity index (χ2v) is 7.02. The first-order valence-electron chi connectivity index (χ1n) is 9.08. The molecule has 7 nitrogen and oxygen atoms in total. The normalized spacial score (nSPS) is 12.9. The van der Waals surface area contributed by atoms with Crippen molar-refractivity contribution in [2.75, 3.05) is 18.4 Å². The molecular formula is C21H23ClN2O5. The first kappa shape index (κ1) is 22.4. The number of hydrogen-bond donors (Lipinski definition) is 3. The molecule has 0 aromatic heterocycles. The van der Waals surface area contributed by atoms with Crippen LogP contribution in [-0.4, -0.2) is 46.0 Å². The summed E-state index contributed by atoms with van der Waals surface area (Å²) < 4.78 is 0. The molecule has 1 aliphatic rings. The second-order valence-electron chi connectivity index (χ2n) is 6.62. The highest BCUT2D eigenvalue weighted by Crippen LogP contribution is 2.23. The van der Waals surface area contributed by atoms with Crippen molar-refractivity contribution in [3.63, 3.8) is 0 Å². The maximum atomic E-state index is 12.2. The molecule has 0 unspecified atom stereocenters. The number of nitrogens with one attached hydrogen (secondary N) is 1. The number of rotatable bonds is 4. The molecule has 0 fully saturated rings. The van der Waals surface area contributed by atoms with Crippen LogP contribution in [0.5, 0.6) is 0 Å². The van der Waals surface area contributed by atoms with E-state index >= 15 is 0 Å². The number of carbonyl (C=O) groups is 3. The Morgan fingerprint density at radius 3 is 2.34 bits per heavy atom. The minimum Gasteiger partial charge on any atom is -0.473 e. The van der Waals surface area contributed by atoms with Gasteiger partial charge in [-0.2, -0.15) is 0 Å². The van der Waals surface area contributed by atoms with Crippen LogP contribution >= 0.6 is 11.6 Å². The van der Waals surface area contributed by atoms with E-state index in [0.29, 0.717) is 11.4 Å². The highest BCUT2D eigenvalue weighted by molar-refractivity contribution is 6.31. The number of amides is 1. The summed E-state index contributed by atoms with van der Waals surface area (Å²) >= 11 is 6.08. The predicted octanol–water partition coefficient (Wildman–Crippen LogP) is 3.19. The molecule has 2 aromatic rings. The van der Waals surface area contributed by atoms with E-state index in [0.717, 1.165) is 37.3 Å². The summed E-state index contributed by atoms with van der Waals surface area (Å²) in [5, 5.41) is 18.4. The van der Waals surface area contributed by atoms with Crippen molar-refractivity contribution in [2.24, 2.45) is 0 Å². The van der Waals surface area contributed by atoms with Crippen LogP contribution in [0.4, 0.5) is 5.69 Å². The number of benzene rings is 2. The van der Waals surface area contributed by atoms with Crippen LogP contribution in [0.25, 0.3) is 0 Å². The number of halogens is 1. The molecule has 0 aliphatic carbocycles. The minimum atomic E-state index is -1.82. The molecule has 3 N–H and O–H groups in total. The number of aliphatic carboxylic acids is 2. The number of carbonyl (C=O) groups excluding carboxylic acids is 1. The Morgan fingerprint density at radius 2 is 1.69 bits per heavy atom. The van der Waals surface area contributed by atoms with Gasteiger partial charge in [0.25, 0.3) is 0 Å². The molecule has 0 spiro atoms. The zero-order valence-electron chi connectivity index (χ0n) is 16.0. The molecule has 1 heterocycles. The van der Waals surface area contributed by atoms with Crippen LogP contribution in [0.15, 0.2) is 42.5 Å². The van der Waals surface area contributed by atoms with Gasteiger partial charge >= 0.3 is 11.9 Å². The average molecular weight is 419 g/mol. The summed E-state index contributed by atoms with van der Waals surface area (Å²) in [6, 6.07) is 14.1. The Hall–Kier alpha value is -2.90. The van der Waals surface area contributed by atoms with E-state index < -0.39 is 11.9 Å². The van der Waals surface area contributed by atoms with Gasteiger partial charge in [-0.05, 0) is 42.2 Å². The standard InChI is InChI=1S/C19H21ClN2O.C2H2O4/c1-14-17(20)7-4-8-18(14)21-19(23)10-12-22-11-9-15-5-2-3-6-16(15)13-22;3-1(4)2(5)6/h2-8H,9-13H2,1H3,(H,21,23);(H,3,4)(H,5,6). The monoisotopic (exact) mass is 418 g/mol. The number of carboxylic acids is 2. The van der Waals surface area contributed by atoms with Gasteiger partial charge in [-0.1, -0.05) is 41.9 Å². The molecule has 1 aliphatic heterocycles. The van der Waals surface area contributed by atoms with Gasteiger partial charge < -0.3 is 15.5 Å². The molecule has 29 heavy (non-hydrogen) atoms. The van der Waals surface area contributed by atoms with Crippen molar-refractivity contribution >= 4 is 35.1 Å². The van der Waals surface area contributed by atoms with Gasteiger partial charge in [-0.3, -0.25) is 9.69 Å². The molecule has 3 rings (SSSR count). The number of fused-ring (bicyclic) bond motifs is 1. The van der Waals surface area contributed by atoms with Crippen LogP contribution in [0, 0.1) is 6.92 Å². The quantitative estimate of drug-likeness (QED) is 0.658. The largest absolute Gasteiger partial charge is 0.473 e. The Kier molecular flexibility index (Phi) is 8.18. The molecule has 8 heteroatoms. The first-order valence-corrected chi connectivity index (χ1v) is 9.46. The van der Waals surface area contributed by atoms with Crippen LogP contribution in [0.1, 0.15) is 23.1 Å². The molecule has 0 saturated heterocycles. The Labute approximate surface area is 173 Å². The fourth-order valence-corrected chi connectivity index (χ4v) is 3.13. The number of hydrogen-bond acceptors (Lipinski definition) is 4. The van der Waals surface area contributed by atoms with E-state index in [4.69, 9.17) is 31.4 Å². The van der Waals surface area contributed by atoms with Crippen molar-refractivity contribution in [1.82, 2.24) is 4.90 Å². The minimum absolute atomic E-state index is 0.0363. The number of carboxylic acid groups (broad SMARTS) is 2. The van der Waals surface area contributed by atoms with E-state index in [1.165, 1.54) is 11.1 Å². The highest BCUT2D eigenvalue weighted by atomic mass is 35.5. The van der Waals surface area contributed by atoms with Gasteiger partial charge in [0.2, 0.25) is 5.91 Å². The highest BCUT2D eigenvalue weighted by Gasteiger charge is 2.16. The molecule has 154 valence electrons. The fraction of sp³-hybridized carbons (Fsp3) is 0.286. The van der Waals surface area contributed by atoms with Crippen LogP contribution in [0.2, 0.25) is 5.02 Å². The van der Waals surface area contributed by atoms with Crippen molar-refractivity contribution in [2.45, 2.75) is 26.3 Å². The third-order valence-corrected chi connectivity index (χ3v) is 5.00. The van der Waals surface area contributed by atoms with E-state index in [2.05, 4.69) is 34.5 Å². The molecule has 0 radical (unpaired) electrons. The van der Waals surface area contributed by atoms with Crippen molar-refractivity contribution < 1.29 is 24.6 Å². The van der Waals surface area contributed by atoms with E-state index in [-0.39, 0.29) is 5.91 Å². The van der Waals surface area contributed by atoms with Gasteiger partial charge in [-0.15, -0.1) is 0 Å².